The van der Waals surface area contributed by atoms with Crippen LogP contribution in [-0.2, 0) is 23.1 Å². The van der Waals surface area contributed by atoms with Crippen molar-refractivity contribution in [3.05, 3.63) is 72.3 Å². The van der Waals surface area contributed by atoms with Crippen molar-refractivity contribution >= 4 is 40.0 Å². The Morgan fingerprint density at radius 2 is 1.73 bits per heavy atom. The molecule has 2 aromatic rings. The SMILES string of the molecule is C=CCOc1ccccc1CNC(=NC)NCc1ccc(S(=O)(=O)N(C)C)cc1.I. The Balaban J connectivity index is 0.00000450. The van der Waals surface area contributed by atoms with E-state index in [9.17, 15) is 8.42 Å². The van der Waals surface area contributed by atoms with Crippen molar-refractivity contribution in [2.24, 2.45) is 4.99 Å². The number of hydrogen-bond acceptors (Lipinski definition) is 4. The minimum Gasteiger partial charge on any atom is -0.489 e. The standard InChI is InChI=1S/C21H28N4O3S.HI/c1-5-14-28-20-9-7-6-8-18(20)16-24-21(22-2)23-15-17-10-12-19(13-11-17)29(26,27)25(3)4;/h5-13H,1,14-16H2,2-4H3,(H2,22,23,24);1H. The molecule has 2 rings (SSSR count). The molecule has 164 valence electrons. The molecule has 30 heavy (non-hydrogen) atoms. The van der Waals surface area contributed by atoms with Gasteiger partial charge in [0.2, 0.25) is 10.0 Å². The topological polar surface area (TPSA) is 83.0 Å². The molecular weight excluding hydrogens is 515 g/mol. The Morgan fingerprint density at radius 1 is 1.10 bits per heavy atom. The van der Waals surface area contributed by atoms with E-state index in [-0.39, 0.29) is 28.9 Å². The van der Waals surface area contributed by atoms with Crippen LogP contribution in [0.3, 0.4) is 0 Å². The summed E-state index contributed by atoms with van der Waals surface area (Å²) < 4.78 is 31.1. The van der Waals surface area contributed by atoms with Crippen LogP contribution in [0.2, 0.25) is 0 Å². The number of hydrogen-bond donors (Lipinski definition) is 2. The lowest BCUT2D eigenvalue weighted by molar-refractivity contribution is 0.358. The number of ether oxygens (including phenoxy) is 1. The van der Waals surface area contributed by atoms with Crippen LogP contribution < -0.4 is 15.4 Å². The molecule has 0 unspecified atom stereocenters. The normalized spacial score (nSPS) is 11.5. The van der Waals surface area contributed by atoms with Gasteiger partial charge in [-0.25, -0.2) is 12.7 Å². The Labute approximate surface area is 196 Å². The maximum Gasteiger partial charge on any atom is 0.242 e. The van der Waals surface area contributed by atoms with Gasteiger partial charge in [0.05, 0.1) is 4.90 Å². The highest BCUT2D eigenvalue weighted by atomic mass is 127. The van der Waals surface area contributed by atoms with Gasteiger partial charge in [-0.1, -0.05) is 43.0 Å². The van der Waals surface area contributed by atoms with E-state index in [1.165, 1.54) is 18.4 Å². The zero-order valence-electron chi connectivity index (χ0n) is 17.5. The number of guanidine groups is 1. The van der Waals surface area contributed by atoms with Crippen molar-refractivity contribution in [1.82, 2.24) is 14.9 Å². The van der Waals surface area contributed by atoms with Crippen LogP contribution in [0.1, 0.15) is 11.1 Å². The first-order chi connectivity index (χ1) is 13.9. The maximum atomic E-state index is 12.1. The number of para-hydroxylation sites is 1. The van der Waals surface area contributed by atoms with Gasteiger partial charge < -0.3 is 15.4 Å². The smallest absolute Gasteiger partial charge is 0.242 e. The molecular formula is C21H29IN4O3S. The van der Waals surface area contributed by atoms with Crippen LogP contribution in [0.4, 0.5) is 0 Å². The summed E-state index contributed by atoms with van der Waals surface area (Å²) in [5.74, 6) is 1.43. The van der Waals surface area contributed by atoms with Gasteiger partial charge in [-0.15, -0.1) is 24.0 Å². The van der Waals surface area contributed by atoms with Gasteiger partial charge in [-0.3, -0.25) is 4.99 Å². The quantitative estimate of drug-likeness (QED) is 0.220. The molecule has 0 aliphatic rings. The molecule has 0 aliphatic carbocycles. The lowest BCUT2D eigenvalue weighted by atomic mass is 10.2. The third-order valence-electron chi connectivity index (χ3n) is 4.16. The van der Waals surface area contributed by atoms with Gasteiger partial charge in [-0.2, -0.15) is 0 Å². The van der Waals surface area contributed by atoms with Crippen LogP contribution in [0.5, 0.6) is 5.75 Å². The summed E-state index contributed by atoms with van der Waals surface area (Å²) in [6.45, 7) is 5.17. The second-order valence-corrected chi connectivity index (χ2v) is 8.57. The monoisotopic (exact) mass is 544 g/mol. The van der Waals surface area contributed by atoms with Gasteiger partial charge in [0.1, 0.15) is 12.4 Å². The molecule has 0 atom stereocenters. The van der Waals surface area contributed by atoms with E-state index >= 15 is 0 Å². The number of nitrogens with one attached hydrogen (secondary N) is 2. The first-order valence-corrected chi connectivity index (χ1v) is 10.6. The van der Waals surface area contributed by atoms with Crippen molar-refractivity contribution in [3.63, 3.8) is 0 Å². The van der Waals surface area contributed by atoms with Crippen LogP contribution in [0.15, 0.2) is 71.1 Å². The first kappa shape index (κ1) is 25.9. The summed E-state index contributed by atoms with van der Waals surface area (Å²) in [5, 5.41) is 6.48. The van der Waals surface area contributed by atoms with Gasteiger partial charge in [0.15, 0.2) is 5.96 Å². The summed E-state index contributed by atoms with van der Waals surface area (Å²) in [4.78, 5) is 4.49. The molecule has 0 saturated heterocycles. The molecule has 0 aliphatic heterocycles. The molecule has 7 nitrogen and oxygen atoms in total. The lowest BCUT2D eigenvalue weighted by Crippen LogP contribution is -2.36. The van der Waals surface area contributed by atoms with Crippen LogP contribution in [0.25, 0.3) is 0 Å². The second kappa shape index (κ2) is 12.6. The Morgan fingerprint density at radius 3 is 2.33 bits per heavy atom. The van der Waals surface area contributed by atoms with Gasteiger partial charge in [-0.05, 0) is 23.8 Å². The van der Waals surface area contributed by atoms with Crippen molar-refractivity contribution < 1.29 is 13.2 Å². The summed E-state index contributed by atoms with van der Waals surface area (Å²) in [6, 6.07) is 14.6. The highest BCUT2D eigenvalue weighted by Crippen LogP contribution is 2.17. The van der Waals surface area contributed by atoms with Crippen molar-refractivity contribution in [1.29, 1.82) is 0 Å². The fraction of sp³-hybridized carbons (Fsp3) is 0.286. The fourth-order valence-electron chi connectivity index (χ4n) is 2.51. The first-order valence-electron chi connectivity index (χ1n) is 9.16. The summed E-state index contributed by atoms with van der Waals surface area (Å²) >= 11 is 0. The van der Waals surface area contributed by atoms with E-state index in [1.54, 1.807) is 37.4 Å². The molecule has 0 heterocycles. The predicted octanol–water partition coefficient (Wildman–Crippen LogP) is 2.98. The van der Waals surface area contributed by atoms with Gasteiger partial charge in [0.25, 0.3) is 0 Å². The molecule has 2 N–H and O–H groups in total. The Hall–Kier alpha value is -2.11. The van der Waals surface area contributed by atoms with Crippen LogP contribution in [-0.4, -0.2) is 46.4 Å². The van der Waals surface area contributed by atoms with Crippen LogP contribution in [0, 0.1) is 0 Å². The van der Waals surface area contributed by atoms with E-state index in [0.717, 1.165) is 16.9 Å². The fourth-order valence-corrected chi connectivity index (χ4v) is 3.42. The number of sulfonamides is 1. The lowest BCUT2D eigenvalue weighted by Gasteiger charge is -2.15. The summed E-state index contributed by atoms with van der Waals surface area (Å²) in [5.41, 5.74) is 1.95. The molecule has 0 spiro atoms. The zero-order chi connectivity index (χ0) is 21.3. The van der Waals surface area contributed by atoms with Crippen molar-refractivity contribution in [2.45, 2.75) is 18.0 Å². The molecule has 0 bridgehead atoms. The molecule has 2 aromatic carbocycles. The molecule has 0 fully saturated rings. The van der Waals surface area contributed by atoms with Gasteiger partial charge in [0, 0.05) is 39.8 Å². The van der Waals surface area contributed by atoms with Gasteiger partial charge >= 0.3 is 0 Å². The largest absolute Gasteiger partial charge is 0.489 e. The third-order valence-corrected chi connectivity index (χ3v) is 5.99. The highest BCUT2D eigenvalue weighted by Gasteiger charge is 2.16. The summed E-state index contributed by atoms with van der Waals surface area (Å²) in [6.07, 6.45) is 1.71. The Kier molecular flexibility index (Phi) is 10.8. The number of aliphatic imine (C=N–C) groups is 1. The third kappa shape index (κ3) is 7.29. The minimum atomic E-state index is -3.42. The molecule has 9 heteroatoms. The number of benzene rings is 2. The number of nitrogens with zero attached hydrogens (tertiary/aromatic N) is 2. The zero-order valence-corrected chi connectivity index (χ0v) is 20.6. The van der Waals surface area contributed by atoms with E-state index in [0.29, 0.717) is 25.7 Å². The van der Waals surface area contributed by atoms with E-state index in [2.05, 4.69) is 22.2 Å². The highest BCUT2D eigenvalue weighted by molar-refractivity contribution is 14.0. The second-order valence-electron chi connectivity index (χ2n) is 6.42. The van der Waals surface area contributed by atoms with Crippen molar-refractivity contribution in [2.75, 3.05) is 27.7 Å². The molecule has 0 saturated carbocycles. The van der Waals surface area contributed by atoms with Crippen LogP contribution >= 0.6 is 24.0 Å². The van der Waals surface area contributed by atoms with E-state index in [4.69, 9.17) is 4.74 Å². The average Bonchev–Trinajstić information content (AvgIpc) is 2.73. The molecule has 0 aromatic heterocycles. The molecule has 0 radical (unpaired) electrons. The summed E-state index contributed by atoms with van der Waals surface area (Å²) in [7, 11) is 1.31. The average molecular weight is 544 g/mol. The predicted molar refractivity (Wildman–Crippen MR) is 132 cm³/mol. The number of halogens is 1. The number of rotatable bonds is 9. The maximum absolute atomic E-state index is 12.1. The van der Waals surface area contributed by atoms with E-state index < -0.39 is 10.0 Å². The van der Waals surface area contributed by atoms with E-state index in [1.807, 2.05) is 24.3 Å². The van der Waals surface area contributed by atoms with Crippen molar-refractivity contribution in [3.8, 4) is 5.75 Å². The Bertz CT molecular complexity index is 945. The molecule has 0 amide bonds. The minimum absolute atomic E-state index is 0.